The first kappa shape index (κ1) is 21.1. The highest BCUT2D eigenvalue weighted by atomic mass is 35.5. The normalized spacial score (nSPS) is 11.9. The third-order valence-electron chi connectivity index (χ3n) is 3.74. The van der Waals surface area contributed by atoms with E-state index >= 15 is 0 Å². The molecule has 0 radical (unpaired) electrons. The van der Waals surface area contributed by atoms with E-state index in [0.717, 1.165) is 23.1 Å². The first-order valence-electron chi connectivity index (χ1n) is 7.72. The maximum absolute atomic E-state index is 13.7. The van der Waals surface area contributed by atoms with Crippen molar-refractivity contribution in [3.63, 3.8) is 0 Å². The summed E-state index contributed by atoms with van der Waals surface area (Å²) in [5.74, 6) is -1.19. The summed E-state index contributed by atoms with van der Waals surface area (Å²) in [7, 11) is 1.30. The number of aryl methyl sites for hydroxylation is 1. The monoisotopic (exact) mass is 453 g/mol. The average molecular weight is 454 g/mol. The van der Waals surface area contributed by atoms with Crippen LogP contribution in [-0.2, 0) is 13.2 Å². The molecule has 0 unspecified atom stereocenters. The second-order valence-corrected chi connectivity index (χ2v) is 6.59. The van der Waals surface area contributed by atoms with Gasteiger partial charge in [-0.3, -0.25) is 9.48 Å². The topological polar surface area (TPSA) is 64.7 Å². The van der Waals surface area contributed by atoms with Crippen LogP contribution in [0.3, 0.4) is 0 Å². The number of carbonyl (C=O) groups is 1. The van der Waals surface area contributed by atoms with Crippen LogP contribution in [0.15, 0.2) is 30.6 Å². The van der Waals surface area contributed by atoms with Crippen LogP contribution < -0.4 is 5.32 Å². The van der Waals surface area contributed by atoms with Gasteiger partial charge in [-0.2, -0.15) is 23.4 Å². The van der Waals surface area contributed by atoms with Gasteiger partial charge >= 0.3 is 6.18 Å². The maximum atomic E-state index is 13.7. The Balaban J connectivity index is 2.04. The van der Waals surface area contributed by atoms with Crippen molar-refractivity contribution in [2.24, 2.45) is 7.05 Å². The molecule has 29 heavy (non-hydrogen) atoms. The maximum Gasteiger partial charge on any atom is 0.435 e. The fraction of sp³-hybridized carbons (Fsp3) is 0.188. The van der Waals surface area contributed by atoms with Gasteiger partial charge in [0.25, 0.3) is 12.3 Å². The quantitative estimate of drug-likeness (QED) is 0.557. The number of benzene rings is 1. The van der Waals surface area contributed by atoms with Crippen LogP contribution in [0.5, 0.6) is 0 Å². The third-order valence-corrected chi connectivity index (χ3v) is 4.48. The van der Waals surface area contributed by atoms with Crippen molar-refractivity contribution in [1.29, 1.82) is 0 Å². The zero-order valence-corrected chi connectivity index (χ0v) is 15.8. The van der Waals surface area contributed by atoms with Gasteiger partial charge in [-0.05, 0) is 18.2 Å². The van der Waals surface area contributed by atoms with Crippen LogP contribution in [0.2, 0.25) is 10.0 Å². The third kappa shape index (κ3) is 4.20. The number of hydrogen-bond acceptors (Lipinski definition) is 3. The van der Waals surface area contributed by atoms with Gasteiger partial charge in [-0.15, -0.1) is 0 Å². The number of aromatic nitrogens is 4. The van der Waals surface area contributed by atoms with Crippen molar-refractivity contribution in [3.8, 4) is 5.69 Å². The average Bonchev–Trinajstić information content (AvgIpc) is 3.21. The van der Waals surface area contributed by atoms with Gasteiger partial charge in [0.15, 0.2) is 5.69 Å². The second kappa shape index (κ2) is 7.64. The molecular weight excluding hydrogens is 444 g/mol. The van der Waals surface area contributed by atoms with E-state index in [1.54, 1.807) is 0 Å². The number of rotatable bonds is 4. The summed E-state index contributed by atoms with van der Waals surface area (Å²) in [6.07, 6.45) is -6.29. The number of alkyl halides is 5. The Morgan fingerprint density at radius 3 is 2.48 bits per heavy atom. The molecule has 1 N–H and O–H groups in total. The van der Waals surface area contributed by atoms with E-state index in [2.05, 4.69) is 10.2 Å². The Labute approximate surface area is 169 Å². The largest absolute Gasteiger partial charge is 0.435 e. The molecular formula is C16H10Cl2F5N5O. The predicted octanol–water partition coefficient (Wildman–Crippen LogP) is 5.12. The Morgan fingerprint density at radius 1 is 1.21 bits per heavy atom. The number of nitrogens with one attached hydrogen (secondary N) is 1. The molecule has 3 aromatic rings. The SMILES string of the molecule is Cn1cc(C(=O)Nc2cnn(-c3ccc(Cl)c(Cl)c3)c2C(F)(F)F)c(C(F)F)n1. The lowest BCUT2D eigenvalue weighted by atomic mass is 10.2. The van der Waals surface area contributed by atoms with E-state index in [4.69, 9.17) is 23.2 Å². The number of amides is 1. The molecule has 0 aliphatic carbocycles. The van der Waals surface area contributed by atoms with E-state index in [-0.39, 0.29) is 15.7 Å². The Morgan fingerprint density at radius 2 is 1.90 bits per heavy atom. The van der Waals surface area contributed by atoms with Crippen LogP contribution >= 0.6 is 23.2 Å². The molecule has 154 valence electrons. The van der Waals surface area contributed by atoms with E-state index in [1.807, 2.05) is 5.32 Å². The molecule has 0 bridgehead atoms. The smallest absolute Gasteiger partial charge is 0.319 e. The minimum Gasteiger partial charge on any atom is -0.319 e. The predicted molar refractivity (Wildman–Crippen MR) is 94.7 cm³/mol. The number of anilines is 1. The molecule has 6 nitrogen and oxygen atoms in total. The van der Waals surface area contributed by atoms with Gasteiger partial charge in [0.05, 0.1) is 33.2 Å². The number of carbonyl (C=O) groups excluding carboxylic acids is 1. The van der Waals surface area contributed by atoms with E-state index in [9.17, 15) is 26.7 Å². The van der Waals surface area contributed by atoms with Gasteiger partial charge in [-0.25, -0.2) is 13.5 Å². The lowest BCUT2D eigenvalue weighted by Gasteiger charge is -2.13. The fourth-order valence-corrected chi connectivity index (χ4v) is 2.85. The second-order valence-electron chi connectivity index (χ2n) is 5.77. The number of hydrogen-bond donors (Lipinski definition) is 1. The van der Waals surface area contributed by atoms with Crippen molar-refractivity contribution in [1.82, 2.24) is 19.6 Å². The summed E-state index contributed by atoms with van der Waals surface area (Å²) in [5.41, 5.74) is -3.53. The first-order valence-corrected chi connectivity index (χ1v) is 8.48. The molecule has 0 saturated carbocycles. The van der Waals surface area contributed by atoms with Gasteiger partial charge in [0, 0.05) is 13.2 Å². The summed E-state index contributed by atoms with van der Waals surface area (Å²) < 4.78 is 68.5. The van der Waals surface area contributed by atoms with E-state index < -0.39 is 41.1 Å². The van der Waals surface area contributed by atoms with Crippen LogP contribution in [0.4, 0.5) is 27.6 Å². The molecule has 0 fully saturated rings. The van der Waals surface area contributed by atoms with Crippen molar-refractivity contribution in [2.45, 2.75) is 12.6 Å². The minimum atomic E-state index is -4.94. The molecule has 0 aliphatic heterocycles. The summed E-state index contributed by atoms with van der Waals surface area (Å²) >= 11 is 11.6. The summed E-state index contributed by atoms with van der Waals surface area (Å²) in [4.78, 5) is 12.3. The highest BCUT2D eigenvalue weighted by Crippen LogP contribution is 2.37. The fourth-order valence-electron chi connectivity index (χ4n) is 2.56. The summed E-state index contributed by atoms with van der Waals surface area (Å²) in [5, 5.41) is 9.19. The zero-order valence-electron chi connectivity index (χ0n) is 14.3. The van der Waals surface area contributed by atoms with Gasteiger partial charge in [0.2, 0.25) is 0 Å². The zero-order chi connectivity index (χ0) is 21.5. The molecule has 0 saturated heterocycles. The van der Waals surface area contributed by atoms with E-state index in [0.29, 0.717) is 4.68 Å². The van der Waals surface area contributed by atoms with Crippen molar-refractivity contribution in [2.75, 3.05) is 5.32 Å². The highest BCUT2D eigenvalue weighted by molar-refractivity contribution is 6.42. The molecule has 0 atom stereocenters. The first-order chi connectivity index (χ1) is 13.5. The number of nitrogens with zero attached hydrogens (tertiary/aromatic N) is 4. The molecule has 1 aromatic carbocycles. The molecule has 0 spiro atoms. The molecule has 2 aromatic heterocycles. The Hall–Kier alpha value is -2.66. The van der Waals surface area contributed by atoms with Crippen LogP contribution in [-0.4, -0.2) is 25.5 Å². The van der Waals surface area contributed by atoms with Crippen molar-refractivity contribution in [3.05, 3.63) is 57.6 Å². The van der Waals surface area contributed by atoms with Crippen molar-refractivity contribution >= 4 is 34.8 Å². The lowest BCUT2D eigenvalue weighted by Crippen LogP contribution is -2.19. The summed E-state index contributed by atoms with van der Waals surface area (Å²) in [6.45, 7) is 0. The molecule has 3 rings (SSSR count). The standard InChI is InChI=1S/C16H10Cl2F5N5O/c1-27-6-8(12(26-27)14(19)20)15(29)25-11-5-24-28(13(11)16(21,22)23)7-2-3-9(17)10(18)4-7/h2-6,14H,1H3,(H,25,29). The van der Waals surface area contributed by atoms with Crippen LogP contribution in [0.25, 0.3) is 5.69 Å². The van der Waals surface area contributed by atoms with Crippen molar-refractivity contribution < 1.29 is 26.7 Å². The minimum absolute atomic E-state index is 0.00434. The molecule has 1 amide bonds. The van der Waals surface area contributed by atoms with Crippen LogP contribution in [0, 0.1) is 0 Å². The highest BCUT2D eigenvalue weighted by Gasteiger charge is 2.39. The molecule has 2 heterocycles. The molecule has 0 aliphatic rings. The summed E-state index contributed by atoms with van der Waals surface area (Å²) in [6, 6.07) is 3.69. The Bertz CT molecular complexity index is 1080. The van der Waals surface area contributed by atoms with Crippen LogP contribution in [0.1, 0.15) is 28.2 Å². The lowest BCUT2D eigenvalue weighted by molar-refractivity contribution is -0.142. The Kier molecular flexibility index (Phi) is 5.54. The molecule has 13 heteroatoms. The van der Waals surface area contributed by atoms with Gasteiger partial charge < -0.3 is 5.32 Å². The van der Waals surface area contributed by atoms with E-state index in [1.165, 1.54) is 19.2 Å². The van der Waals surface area contributed by atoms with Gasteiger partial charge in [0.1, 0.15) is 5.69 Å². The van der Waals surface area contributed by atoms with Gasteiger partial charge in [-0.1, -0.05) is 23.2 Å². The number of halogens is 7.